The fraction of sp³-hybridized carbons (Fsp3) is 0.222. The zero-order valence-corrected chi connectivity index (χ0v) is 21.3. The number of hydrogen-bond acceptors (Lipinski definition) is 7. The van der Waals surface area contributed by atoms with Crippen LogP contribution in [-0.2, 0) is 26.3 Å². The standard InChI is InChI=1S/C25H19BF2N4O4.C2H6/c1-15-11-16(12-21(30-15)22(33)35-2)13-32-23(34)25(31-24(32)26-36-14-29,17-3-7-19(27)8-4-17)18-5-9-20(28)10-6-18;1-2/h3-12,31H,13H2,1-2H3;1-2H3. The second-order valence-corrected chi connectivity index (χ2v) is 7.99. The van der Waals surface area contributed by atoms with Gasteiger partial charge >= 0.3 is 206 Å². The summed E-state index contributed by atoms with van der Waals surface area (Å²) in [6.07, 6.45) is 1.53. The number of pyridine rings is 1. The molecule has 0 unspecified atom stereocenters. The van der Waals surface area contributed by atoms with Crippen LogP contribution in [0.25, 0.3) is 0 Å². The zero-order chi connectivity index (χ0) is 27.9. The molecule has 0 spiro atoms. The predicted octanol–water partition coefficient (Wildman–Crippen LogP) is 3.56. The van der Waals surface area contributed by atoms with Gasteiger partial charge in [-0.25, -0.2) is 0 Å². The minimum atomic E-state index is -1.58. The summed E-state index contributed by atoms with van der Waals surface area (Å²) >= 11 is 0. The summed E-state index contributed by atoms with van der Waals surface area (Å²) in [5, 5.41) is 12.1. The van der Waals surface area contributed by atoms with Crippen LogP contribution >= 0.6 is 0 Å². The maximum atomic E-state index is 14.1. The summed E-state index contributed by atoms with van der Waals surface area (Å²) in [6, 6.07) is 13.8. The number of carbonyl (C=O) groups excluding carboxylic acids is 2. The van der Waals surface area contributed by atoms with Crippen molar-refractivity contribution in [1.82, 2.24) is 15.2 Å². The van der Waals surface area contributed by atoms with Gasteiger partial charge in [-0.3, -0.25) is 0 Å². The van der Waals surface area contributed by atoms with Crippen LogP contribution in [0.1, 0.15) is 46.7 Å². The first-order valence-electron chi connectivity index (χ1n) is 11.7. The molecular formula is C27H25BF2N4O4. The van der Waals surface area contributed by atoms with Gasteiger partial charge in [-0.2, -0.15) is 0 Å². The summed E-state index contributed by atoms with van der Waals surface area (Å²) in [4.78, 5) is 31.7. The summed E-state index contributed by atoms with van der Waals surface area (Å²) < 4.78 is 37.1. The van der Waals surface area contributed by atoms with Gasteiger partial charge in [0.1, 0.15) is 0 Å². The van der Waals surface area contributed by atoms with Crippen molar-refractivity contribution in [3.05, 3.63) is 100 Å². The summed E-state index contributed by atoms with van der Waals surface area (Å²) in [6.45, 7) is 5.65. The fourth-order valence-corrected chi connectivity index (χ4v) is 4.14. The molecule has 0 bridgehead atoms. The van der Waals surface area contributed by atoms with Crippen LogP contribution in [0, 0.1) is 30.1 Å². The van der Waals surface area contributed by atoms with Gasteiger partial charge < -0.3 is 0 Å². The van der Waals surface area contributed by atoms with Crippen LogP contribution in [0.15, 0.2) is 60.7 Å². The molecule has 3 aromatic rings. The van der Waals surface area contributed by atoms with Crippen LogP contribution in [0.3, 0.4) is 0 Å². The minimum absolute atomic E-state index is 0.0377. The number of nitrogens with one attached hydrogen (secondary N) is 1. The van der Waals surface area contributed by atoms with Gasteiger partial charge in [0.05, 0.1) is 0 Å². The van der Waals surface area contributed by atoms with Gasteiger partial charge in [0, 0.05) is 0 Å². The Hall–Kier alpha value is -4.59. The molecule has 38 heavy (non-hydrogen) atoms. The normalized spacial score (nSPS) is 14.5. The Morgan fingerprint density at radius 3 is 2.13 bits per heavy atom. The molecule has 2 aromatic carbocycles. The number of rotatable bonds is 6. The molecule has 11 heteroatoms. The number of ether oxygens (including phenoxy) is 1. The number of hydrogen-bond donors (Lipinski definition) is 1. The van der Waals surface area contributed by atoms with E-state index in [4.69, 9.17) is 14.7 Å². The van der Waals surface area contributed by atoms with E-state index in [9.17, 15) is 18.4 Å². The van der Waals surface area contributed by atoms with Crippen molar-refractivity contribution in [3.63, 3.8) is 0 Å². The molecule has 0 aliphatic carbocycles. The number of amides is 1. The van der Waals surface area contributed by atoms with E-state index in [1.54, 1.807) is 13.0 Å². The third kappa shape index (κ3) is 5.54. The van der Waals surface area contributed by atoms with Crippen LogP contribution in [0.2, 0.25) is 0 Å². The molecule has 8 nitrogen and oxygen atoms in total. The van der Waals surface area contributed by atoms with Crippen molar-refractivity contribution in [2.75, 3.05) is 7.11 Å². The van der Waals surface area contributed by atoms with Crippen molar-refractivity contribution < 1.29 is 27.8 Å². The Balaban J connectivity index is 0.00000195. The summed E-state index contributed by atoms with van der Waals surface area (Å²) in [7, 11) is 2.31. The average Bonchev–Trinajstić information content (AvgIpc) is 3.20. The average molecular weight is 518 g/mol. The topological polar surface area (TPSA) is 105 Å². The maximum absolute atomic E-state index is 14.1. The van der Waals surface area contributed by atoms with E-state index in [2.05, 4.69) is 10.3 Å². The molecule has 0 atom stereocenters. The fourth-order valence-electron chi connectivity index (χ4n) is 4.14. The number of nitriles is 1. The van der Waals surface area contributed by atoms with Crippen LogP contribution < -0.4 is 5.32 Å². The molecule has 194 valence electrons. The Labute approximate surface area is 219 Å². The quantitative estimate of drug-likeness (QED) is 0.302. The molecule has 1 aromatic heterocycles. The van der Waals surface area contributed by atoms with Gasteiger partial charge in [0.2, 0.25) is 0 Å². The van der Waals surface area contributed by atoms with Gasteiger partial charge in [-0.05, 0) is 0 Å². The molecule has 0 saturated carbocycles. The summed E-state index contributed by atoms with van der Waals surface area (Å²) in [5.74, 6) is -2.13. The van der Waals surface area contributed by atoms with E-state index >= 15 is 0 Å². The molecular weight excluding hydrogens is 493 g/mol. The Kier molecular flexibility index (Phi) is 8.91. The predicted molar refractivity (Wildman–Crippen MR) is 136 cm³/mol. The zero-order valence-electron chi connectivity index (χ0n) is 21.3. The number of methoxy groups -OCH3 is 1. The number of benzene rings is 2. The number of carbonyl (C=O) groups is 2. The third-order valence-corrected chi connectivity index (χ3v) is 5.70. The van der Waals surface area contributed by atoms with Crippen molar-refractivity contribution in [2.45, 2.75) is 32.9 Å². The SMILES string of the molecule is CC.COC(=O)c1cc(CN2C(=O)C(c3ccc(F)cc3)(c3ccc(F)cc3)NC2=BOC#N)cc(C)n1. The van der Waals surface area contributed by atoms with E-state index in [0.717, 1.165) is 7.12 Å². The van der Waals surface area contributed by atoms with Crippen molar-refractivity contribution in [1.29, 1.82) is 5.26 Å². The van der Waals surface area contributed by atoms with E-state index in [0.29, 0.717) is 22.4 Å². The Bertz CT molecular complexity index is 1340. The van der Waals surface area contributed by atoms with Crippen LogP contribution in [0.5, 0.6) is 0 Å². The number of halogens is 2. The van der Waals surface area contributed by atoms with Gasteiger partial charge in [0.15, 0.2) is 0 Å². The second kappa shape index (κ2) is 12.1. The van der Waals surface area contributed by atoms with Crippen LogP contribution in [0.4, 0.5) is 8.78 Å². The second-order valence-electron chi connectivity index (χ2n) is 7.99. The molecule has 1 aliphatic rings. The molecule has 0 radical (unpaired) electrons. The first-order chi connectivity index (χ1) is 18.3. The molecule has 1 fully saturated rings. The summed E-state index contributed by atoms with van der Waals surface area (Å²) in [5.41, 5.74) is 0.446. The molecule has 1 saturated heterocycles. The molecule has 1 amide bonds. The molecule has 1 aliphatic heterocycles. The van der Waals surface area contributed by atoms with E-state index in [-0.39, 0.29) is 17.9 Å². The Morgan fingerprint density at radius 2 is 1.63 bits per heavy atom. The van der Waals surface area contributed by atoms with Crippen molar-refractivity contribution >= 4 is 24.7 Å². The van der Waals surface area contributed by atoms with Gasteiger partial charge in [-0.15, -0.1) is 0 Å². The first-order valence-corrected chi connectivity index (χ1v) is 11.7. The first kappa shape index (κ1) is 28.0. The van der Waals surface area contributed by atoms with E-state index in [1.165, 1.54) is 72.9 Å². The molecule has 4 rings (SSSR count). The number of esters is 1. The van der Waals surface area contributed by atoms with Crippen LogP contribution in [-0.4, -0.2) is 41.7 Å². The van der Waals surface area contributed by atoms with Gasteiger partial charge in [-0.1, -0.05) is 13.8 Å². The van der Waals surface area contributed by atoms with Crippen molar-refractivity contribution in [2.24, 2.45) is 0 Å². The van der Waals surface area contributed by atoms with Gasteiger partial charge in [0.25, 0.3) is 0 Å². The third-order valence-electron chi connectivity index (χ3n) is 5.70. The molecule has 1 N–H and O–H groups in total. The van der Waals surface area contributed by atoms with E-state index < -0.39 is 29.0 Å². The number of aryl methyl sites for hydroxylation is 1. The number of aromatic nitrogens is 1. The Morgan fingerprint density at radius 1 is 1.08 bits per heavy atom. The number of nitrogens with zero attached hydrogens (tertiary/aromatic N) is 3. The van der Waals surface area contributed by atoms with Crippen molar-refractivity contribution in [3.8, 4) is 6.26 Å². The monoisotopic (exact) mass is 518 g/mol. The van der Waals surface area contributed by atoms with E-state index in [1.807, 2.05) is 13.8 Å². The molecule has 2 heterocycles.